The number of ether oxygens (including phenoxy) is 1. The van der Waals surface area contributed by atoms with Crippen LogP contribution in [-0.2, 0) is 0 Å². The van der Waals surface area contributed by atoms with Crippen LogP contribution in [0.1, 0.15) is 0 Å². The maximum atomic E-state index is 5.34. The van der Waals surface area contributed by atoms with E-state index in [1.54, 1.807) is 0 Å². The van der Waals surface area contributed by atoms with E-state index in [4.69, 9.17) is 4.74 Å². The fraction of sp³-hybridized carbons (Fsp3) is 0.250. The van der Waals surface area contributed by atoms with Gasteiger partial charge in [-0.15, -0.1) is 0 Å². The summed E-state index contributed by atoms with van der Waals surface area (Å²) < 4.78 is 5.34. The van der Waals surface area contributed by atoms with Crippen molar-refractivity contribution in [3.63, 3.8) is 0 Å². The fourth-order valence-corrected chi connectivity index (χ4v) is 0.872. The second-order valence-corrected chi connectivity index (χ2v) is 2.82. The molecular formula is C8H10OSe. The Morgan fingerprint density at radius 3 is 2.50 bits per heavy atom. The molecule has 0 unspecified atom stereocenters. The van der Waals surface area contributed by atoms with Crippen LogP contribution >= 0.6 is 0 Å². The molecule has 0 saturated carbocycles. The molecule has 0 amide bonds. The van der Waals surface area contributed by atoms with E-state index in [9.17, 15) is 0 Å². The molecule has 1 aromatic rings. The Morgan fingerprint density at radius 2 is 1.90 bits per heavy atom. The summed E-state index contributed by atoms with van der Waals surface area (Å²) in [5.74, 6) is 0.952. The Morgan fingerprint density at radius 1 is 1.20 bits per heavy atom. The average molecular weight is 201 g/mol. The van der Waals surface area contributed by atoms with Crippen molar-refractivity contribution in [3.05, 3.63) is 30.3 Å². The Labute approximate surface area is 69.2 Å². The van der Waals surface area contributed by atoms with E-state index in [2.05, 4.69) is 16.0 Å². The first-order valence-corrected chi connectivity index (χ1v) is 4.55. The quantitative estimate of drug-likeness (QED) is 0.671. The molecule has 0 bridgehead atoms. The third-order valence-corrected chi connectivity index (χ3v) is 1.49. The van der Waals surface area contributed by atoms with Gasteiger partial charge in [-0.1, -0.05) is 0 Å². The molecule has 0 N–H and O–H groups in total. The van der Waals surface area contributed by atoms with Gasteiger partial charge in [0.15, 0.2) is 0 Å². The van der Waals surface area contributed by atoms with Crippen molar-refractivity contribution in [2.75, 3.05) is 6.61 Å². The second kappa shape index (κ2) is 4.37. The predicted octanol–water partition coefficient (Wildman–Crippen LogP) is 1.38. The van der Waals surface area contributed by atoms with E-state index in [-0.39, 0.29) is 0 Å². The first-order chi connectivity index (χ1) is 4.93. The van der Waals surface area contributed by atoms with E-state index in [0.717, 1.165) is 17.7 Å². The molecule has 0 aliphatic rings. The number of rotatable bonds is 3. The van der Waals surface area contributed by atoms with Gasteiger partial charge in [0.2, 0.25) is 0 Å². The molecule has 2 heteroatoms. The van der Waals surface area contributed by atoms with Gasteiger partial charge in [0.25, 0.3) is 0 Å². The molecule has 0 atom stereocenters. The molecule has 0 radical (unpaired) electrons. The molecule has 0 heterocycles. The van der Waals surface area contributed by atoms with E-state index in [1.807, 2.05) is 30.3 Å². The minimum atomic E-state index is 0.782. The van der Waals surface area contributed by atoms with Crippen LogP contribution in [0.25, 0.3) is 0 Å². The Kier molecular flexibility index (Phi) is 3.34. The maximum absolute atomic E-state index is 5.34. The number of benzene rings is 1. The van der Waals surface area contributed by atoms with Crippen LogP contribution in [0.2, 0.25) is 5.32 Å². The van der Waals surface area contributed by atoms with E-state index in [1.165, 1.54) is 0 Å². The van der Waals surface area contributed by atoms with E-state index >= 15 is 0 Å². The SMILES string of the molecule is [SeH]CCOc1ccccc1. The number of para-hydroxylation sites is 1. The van der Waals surface area contributed by atoms with Crippen LogP contribution < -0.4 is 4.74 Å². The van der Waals surface area contributed by atoms with Gasteiger partial charge in [-0.3, -0.25) is 0 Å². The van der Waals surface area contributed by atoms with Crippen LogP contribution in [0.5, 0.6) is 5.75 Å². The summed E-state index contributed by atoms with van der Waals surface area (Å²) in [6, 6.07) is 9.85. The van der Waals surface area contributed by atoms with Gasteiger partial charge in [-0.2, -0.15) is 0 Å². The van der Waals surface area contributed by atoms with Gasteiger partial charge in [0, 0.05) is 0 Å². The van der Waals surface area contributed by atoms with Gasteiger partial charge in [0.05, 0.1) is 0 Å². The first kappa shape index (κ1) is 7.64. The Hall–Kier alpha value is -0.461. The molecule has 10 heavy (non-hydrogen) atoms. The average Bonchev–Trinajstić information content (AvgIpc) is 2.03. The summed E-state index contributed by atoms with van der Waals surface area (Å²) in [5.41, 5.74) is 0. The van der Waals surface area contributed by atoms with Crippen LogP contribution in [-0.4, -0.2) is 22.6 Å². The monoisotopic (exact) mass is 202 g/mol. The zero-order valence-corrected chi connectivity index (χ0v) is 7.53. The molecule has 0 fully saturated rings. The molecule has 1 aromatic carbocycles. The number of hydrogen-bond acceptors (Lipinski definition) is 1. The zero-order valence-electron chi connectivity index (χ0n) is 5.66. The fourth-order valence-electron chi connectivity index (χ4n) is 0.680. The van der Waals surface area contributed by atoms with Crippen LogP contribution in [0.15, 0.2) is 30.3 Å². The first-order valence-electron chi connectivity index (χ1n) is 3.22. The molecule has 54 valence electrons. The van der Waals surface area contributed by atoms with Crippen molar-refractivity contribution < 1.29 is 4.74 Å². The molecule has 0 aliphatic heterocycles. The molecule has 0 saturated heterocycles. The van der Waals surface area contributed by atoms with Gasteiger partial charge in [-0.25, -0.2) is 0 Å². The third-order valence-electron chi connectivity index (χ3n) is 1.10. The molecule has 0 spiro atoms. The zero-order chi connectivity index (χ0) is 7.23. The Bertz CT molecular complexity index is 174. The van der Waals surface area contributed by atoms with Crippen LogP contribution in [0.3, 0.4) is 0 Å². The topological polar surface area (TPSA) is 9.23 Å². The summed E-state index contributed by atoms with van der Waals surface area (Å²) >= 11 is 2.49. The normalized spacial score (nSPS) is 9.30. The van der Waals surface area contributed by atoms with Gasteiger partial charge >= 0.3 is 68.8 Å². The van der Waals surface area contributed by atoms with Crippen molar-refractivity contribution in [2.45, 2.75) is 5.32 Å². The van der Waals surface area contributed by atoms with Crippen molar-refractivity contribution in [1.82, 2.24) is 0 Å². The van der Waals surface area contributed by atoms with Gasteiger partial charge in [0.1, 0.15) is 0 Å². The molecule has 0 aliphatic carbocycles. The van der Waals surface area contributed by atoms with Gasteiger partial charge in [-0.05, 0) is 0 Å². The summed E-state index contributed by atoms with van der Waals surface area (Å²) in [6.07, 6.45) is 0. The van der Waals surface area contributed by atoms with Crippen molar-refractivity contribution in [3.8, 4) is 5.75 Å². The molecule has 1 nitrogen and oxygen atoms in total. The van der Waals surface area contributed by atoms with Crippen LogP contribution in [0, 0.1) is 0 Å². The van der Waals surface area contributed by atoms with Crippen LogP contribution in [0.4, 0.5) is 0 Å². The van der Waals surface area contributed by atoms with Crippen molar-refractivity contribution >= 4 is 16.0 Å². The third kappa shape index (κ3) is 2.42. The minimum absolute atomic E-state index is 0.782. The van der Waals surface area contributed by atoms with E-state index < -0.39 is 0 Å². The summed E-state index contributed by atoms with van der Waals surface area (Å²) in [7, 11) is 0. The molecule has 0 aromatic heterocycles. The predicted molar refractivity (Wildman–Crippen MR) is 43.9 cm³/mol. The van der Waals surface area contributed by atoms with E-state index in [0.29, 0.717) is 0 Å². The summed E-state index contributed by atoms with van der Waals surface area (Å²) in [5, 5.41) is 1.00. The summed E-state index contributed by atoms with van der Waals surface area (Å²) in [6.45, 7) is 0.782. The van der Waals surface area contributed by atoms with Crippen molar-refractivity contribution in [2.24, 2.45) is 0 Å². The van der Waals surface area contributed by atoms with Gasteiger partial charge < -0.3 is 0 Å². The summed E-state index contributed by atoms with van der Waals surface area (Å²) in [4.78, 5) is 0. The standard InChI is InChI=1S/C8H10OSe/c10-7-6-9-8-4-2-1-3-5-8/h1-5,10H,6-7H2. The van der Waals surface area contributed by atoms with Crippen molar-refractivity contribution in [1.29, 1.82) is 0 Å². The number of hydrogen-bond donors (Lipinski definition) is 0. The second-order valence-electron chi connectivity index (χ2n) is 1.89. The Balaban J connectivity index is 2.43. The molecular weight excluding hydrogens is 191 g/mol. The molecule has 1 rings (SSSR count).